The van der Waals surface area contributed by atoms with Gasteiger partial charge in [-0.1, -0.05) is 48.0 Å². The summed E-state index contributed by atoms with van der Waals surface area (Å²) in [6.07, 6.45) is 0. The number of rotatable bonds is 4. The maximum absolute atomic E-state index is 9.87. The first-order valence-corrected chi connectivity index (χ1v) is 6.68. The summed E-state index contributed by atoms with van der Waals surface area (Å²) < 4.78 is 0. The van der Waals surface area contributed by atoms with Crippen molar-refractivity contribution in [2.75, 3.05) is 0 Å². The SMILES string of the molecule is Cc1cccc([C@H](C)NC(C)c2ccccc2O)c1. The second-order valence-corrected chi connectivity index (χ2v) is 5.08. The number of para-hydroxylation sites is 1. The van der Waals surface area contributed by atoms with Crippen LogP contribution in [0.3, 0.4) is 0 Å². The highest BCUT2D eigenvalue weighted by atomic mass is 16.3. The fraction of sp³-hybridized carbons (Fsp3) is 0.294. The molecule has 19 heavy (non-hydrogen) atoms. The Kier molecular flexibility index (Phi) is 4.23. The first-order chi connectivity index (χ1) is 9.08. The molecule has 0 aliphatic carbocycles. The van der Waals surface area contributed by atoms with Gasteiger partial charge in [-0.3, -0.25) is 0 Å². The van der Waals surface area contributed by atoms with Gasteiger partial charge in [0.2, 0.25) is 0 Å². The second-order valence-electron chi connectivity index (χ2n) is 5.08. The summed E-state index contributed by atoms with van der Waals surface area (Å²) in [4.78, 5) is 0. The van der Waals surface area contributed by atoms with Gasteiger partial charge in [0.05, 0.1) is 0 Å². The van der Waals surface area contributed by atoms with E-state index in [0.717, 1.165) is 5.56 Å². The van der Waals surface area contributed by atoms with Gasteiger partial charge in [0.25, 0.3) is 0 Å². The summed E-state index contributed by atoms with van der Waals surface area (Å²) in [5.41, 5.74) is 3.46. The van der Waals surface area contributed by atoms with Gasteiger partial charge in [0.1, 0.15) is 5.75 Å². The summed E-state index contributed by atoms with van der Waals surface area (Å²) in [5, 5.41) is 13.4. The Labute approximate surface area is 115 Å². The standard InChI is InChI=1S/C17H21NO/c1-12-7-6-8-15(11-12)13(2)18-14(3)16-9-4-5-10-17(16)19/h4-11,13-14,18-19H,1-3H3/t13-,14?/m0/s1. The van der Waals surface area contributed by atoms with Crippen molar-refractivity contribution in [1.29, 1.82) is 0 Å². The van der Waals surface area contributed by atoms with E-state index in [9.17, 15) is 5.11 Å². The van der Waals surface area contributed by atoms with E-state index in [4.69, 9.17) is 0 Å². The molecule has 0 amide bonds. The van der Waals surface area contributed by atoms with E-state index < -0.39 is 0 Å². The van der Waals surface area contributed by atoms with Crippen molar-refractivity contribution in [2.24, 2.45) is 0 Å². The van der Waals surface area contributed by atoms with E-state index in [1.807, 2.05) is 18.2 Å². The number of phenols is 1. The van der Waals surface area contributed by atoms with E-state index in [1.165, 1.54) is 11.1 Å². The summed E-state index contributed by atoms with van der Waals surface area (Å²) in [7, 11) is 0. The Bertz CT molecular complexity index is 550. The van der Waals surface area contributed by atoms with Gasteiger partial charge in [-0.15, -0.1) is 0 Å². The lowest BCUT2D eigenvalue weighted by Gasteiger charge is -2.21. The Morgan fingerprint density at radius 3 is 2.37 bits per heavy atom. The Morgan fingerprint density at radius 1 is 0.947 bits per heavy atom. The Morgan fingerprint density at radius 2 is 1.68 bits per heavy atom. The molecular weight excluding hydrogens is 234 g/mol. The monoisotopic (exact) mass is 255 g/mol. The van der Waals surface area contributed by atoms with Crippen LogP contribution in [0, 0.1) is 6.92 Å². The average Bonchev–Trinajstić information content (AvgIpc) is 2.39. The van der Waals surface area contributed by atoms with Gasteiger partial charge in [-0.25, -0.2) is 0 Å². The molecule has 2 atom stereocenters. The van der Waals surface area contributed by atoms with Crippen LogP contribution in [0.25, 0.3) is 0 Å². The first kappa shape index (κ1) is 13.6. The van der Waals surface area contributed by atoms with Crippen molar-refractivity contribution in [1.82, 2.24) is 5.32 Å². The number of hydrogen-bond acceptors (Lipinski definition) is 2. The minimum absolute atomic E-state index is 0.108. The fourth-order valence-corrected chi connectivity index (χ4v) is 2.35. The van der Waals surface area contributed by atoms with Crippen molar-refractivity contribution < 1.29 is 5.11 Å². The lowest BCUT2D eigenvalue weighted by Crippen LogP contribution is -2.22. The molecule has 1 unspecified atom stereocenters. The zero-order chi connectivity index (χ0) is 13.8. The van der Waals surface area contributed by atoms with E-state index in [0.29, 0.717) is 5.75 Å². The lowest BCUT2D eigenvalue weighted by atomic mass is 10.0. The van der Waals surface area contributed by atoms with Crippen molar-refractivity contribution in [2.45, 2.75) is 32.9 Å². The van der Waals surface area contributed by atoms with Crippen LogP contribution in [0.5, 0.6) is 5.75 Å². The van der Waals surface area contributed by atoms with Crippen LogP contribution in [0.1, 0.15) is 42.6 Å². The molecule has 2 rings (SSSR count). The minimum atomic E-state index is 0.108. The molecule has 0 radical (unpaired) electrons. The summed E-state index contributed by atoms with van der Waals surface area (Å²) in [6.45, 7) is 6.31. The number of phenolic OH excluding ortho intramolecular Hbond substituents is 1. The molecule has 0 aliphatic rings. The molecule has 0 aromatic heterocycles. The third-order valence-corrected chi connectivity index (χ3v) is 3.45. The van der Waals surface area contributed by atoms with E-state index in [2.05, 4.69) is 50.4 Å². The van der Waals surface area contributed by atoms with Crippen LogP contribution in [0.2, 0.25) is 0 Å². The maximum Gasteiger partial charge on any atom is 0.120 e. The molecule has 2 nitrogen and oxygen atoms in total. The topological polar surface area (TPSA) is 32.3 Å². The molecule has 100 valence electrons. The largest absolute Gasteiger partial charge is 0.508 e. The zero-order valence-corrected chi connectivity index (χ0v) is 11.7. The van der Waals surface area contributed by atoms with Crippen LogP contribution in [-0.4, -0.2) is 5.11 Å². The van der Waals surface area contributed by atoms with Gasteiger partial charge in [0.15, 0.2) is 0 Å². The van der Waals surface area contributed by atoms with Crippen molar-refractivity contribution in [3.63, 3.8) is 0 Å². The molecule has 0 saturated heterocycles. The highest BCUT2D eigenvalue weighted by molar-refractivity contribution is 5.34. The van der Waals surface area contributed by atoms with Crippen molar-refractivity contribution in [3.8, 4) is 5.75 Å². The number of hydrogen-bond donors (Lipinski definition) is 2. The van der Waals surface area contributed by atoms with Gasteiger partial charge >= 0.3 is 0 Å². The maximum atomic E-state index is 9.87. The van der Waals surface area contributed by atoms with Crippen LogP contribution >= 0.6 is 0 Å². The fourth-order valence-electron chi connectivity index (χ4n) is 2.35. The molecule has 0 fully saturated rings. The van der Waals surface area contributed by atoms with E-state index in [-0.39, 0.29) is 12.1 Å². The van der Waals surface area contributed by atoms with Gasteiger partial charge in [-0.2, -0.15) is 0 Å². The number of aryl methyl sites for hydroxylation is 1. The molecule has 0 saturated carbocycles. The smallest absolute Gasteiger partial charge is 0.120 e. The minimum Gasteiger partial charge on any atom is -0.508 e. The summed E-state index contributed by atoms with van der Waals surface area (Å²) in [6, 6.07) is 16.3. The highest BCUT2D eigenvalue weighted by Gasteiger charge is 2.13. The van der Waals surface area contributed by atoms with Crippen molar-refractivity contribution >= 4 is 0 Å². The number of aromatic hydroxyl groups is 1. The highest BCUT2D eigenvalue weighted by Crippen LogP contribution is 2.26. The van der Waals surface area contributed by atoms with Gasteiger partial charge in [-0.05, 0) is 32.4 Å². The molecule has 0 spiro atoms. The average molecular weight is 255 g/mol. The predicted octanol–water partition coefficient (Wildman–Crippen LogP) is 4.11. The second kappa shape index (κ2) is 5.89. The normalized spacial score (nSPS) is 14.1. The van der Waals surface area contributed by atoms with Gasteiger partial charge in [0, 0.05) is 17.6 Å². The predicted molar refractivity (Wildman–Crippen MR) is 79.3 cm³/mol. The molecule has 2 N–H and O–H groups in total. The van der Waals surface area contributed by atoms with Crippen LogP contribution < -0.4 is 5.32 Å². The van der Waals surface area contributed by atoms with Crippen LogP contribution in [0.15, 0.2) is 48.5 Å². The molecule has 0 heterocycles. The molecule has 0 aliphatic heterocycles. The third kappa shape index (κ3) is 3.36. The van der Waals surface area contributed by atoms with Crippen LogP contribution in [0.4, 0.5) is 0 Å². The van der Waals surface area contributed by atoms with Crippen molar-refractivity contribution in [3.05, 3.63) is 65.2 Å². The molecule has 2 heteroatoms. The van der Waals surface area contributed by atoms with Gasteiger partial charge < -0.3 is 10.4 Å². The molecular formula is C17H21NO. The first-order valence-electron chi connectivity index (χ1n) is 6.68. The molecule has 2 aromatic carbocycles. The van der Waals surface area contributed by atoms with E-state index in [1.54, 1.807) is 6.07 Å². The quantitative estimate of drug-likeness (QED) is 0.861. The Hall–Kier alpha value is -1.80. The summed E-state index contributed by atoms with van der Waals surface area (Å²) >= 11 is 0. The molecule has 2 aromatic rings. The summed E-state index contributed by atoms with van der Waals surface area (Å²) in [5.74, 6) is 0.346. The Balaban J connectivity index is 2.11. The lowest BCUT2D eigenvalue weighted by molar-refractivity contribution is 0.438. The van der Waals surface area contributed by atoms with E-state index >= 15 is 0 Å². The number of nitrogens with one attached hydrogen (secondary N) is 1. The third-order valence-electron chi connectivity index (χ3n) is 3.45. The zero-order valence-electron chi connectivity index (χ0n) is 11.7. The number of benzene rings is 2. The molecule has 0 bridgehead atoms. The van der Waals surface area contributed by atoms with Crippen LogP contribution in [-0.2, 0) is 0 Å².